The molecule has 0 amide bonds. The van der Waals surface area contributed by atoms with Gasteiger partial charge in [0.1, 0.15) is 11.5 Å². The van der Waals surface area contributed by atoms with Gasteiger partial charge in [0.25, 0.3) is 0 Å². The van der Waals surface area contributed by atoms with Gasteiger partial charge in [0, 0.05) is 42.9 Å². The molecule has 1 fully saturated rings. The molecule has 4 N–H and O–H groups in total. The van der Waals surface area contributed by atoms with E-state index in [9.17, 15) is 9.90 Å². The third kappa shape index (κ3) is 5.27. The summed E-state index contributed by atoms with van der Waals surface area (Å²) < 4.78 is 5.02. The Bertz CT molecular complexity index is 1310. The van der Waals surface area contributed by atoms with E-state index in [1.807, 2.05) is 42.5 Å². The van der Waals surface area contributed by atoms with E-state index in [0.29, 0.717) is 17.4 Å². The van der Waals surface area contributed by atoms with Crippen LogP contribution in [0.1, 0.15) is 25.3 Å². The summed E-state index contributed by atoms with van der Waals surface area (Å²) in [4.78, 5) is 11.1. The van der Waals surface area contributed by atoms with Crippen molar-refractivity contribution in [2.45, 2.75) is 32.4 Å². The number of rotatable bonds is 8. The Hall–Kier alpha value is -4.10. The van der Waals surface area contributed by atoms with E-state index in [1.54, 1.807) is 12.1 Å². The lowest BCUT2D eigenvalue weighted by Crippen LogP contribution is -2.15. The van der Waals surface area contributed by atoms with Crippen molar-refractivity contribution in [2.75, 3.05) is 5.32 Å². The van der Waals surface area contributed by atoms with Gasteiger partial charge < -0.3 is 20.5 Å². The van der Waals surface area contributed by atoms with E-state index >= 15 is 0 Å². The first kappa shape index (κ1) is 21.7. The van der Waals surface area contributed by atoms with Gasteiger partial charge in [-0.3, -0.25) is 9.89 Å². The minimum absolute atomic E-state index is 0.0501. The molecule has 172 valence electrons. The van der Waals surface area contributed by atoms with E-state index in [-0.39, 0.29) is 5.75 Å². The summed E-state index contributed by atoms with van der Waals surface area (Å²) in [6.45, 7) is 2.20. The number of phenolic OH excluding ortho intramolecular Hbond substituents is 1. The minimum Gasteiger partial charge on any atom is -0.507 e. The van der Waals surface area contributed by atoms with Crippen molar-refractivity contribution in [3.63, 3.8) is 0 Å². The molecule has 1 heterocycles. The maximum Gasteiger partial charge on any atom is 0.308 e. The molecule has 34 heavy (non-hydrogen) atoms. The fraction of sp³-hybridized carbons (Fsp3) is 0.185. The summed E-state index contributed by atoms with van der Waals surface area (Å²) >= 11 is 0. The Balaban J connectivity index is 1.26. The van der Waals surface area contributed by atoms with Crippen molar-refractivity contribution in [3.05, 3.63) is 78.4 Å². The van der Waals surface area contributed by atoms with Gasteiger partial charge in [-0.15, -0.1) is 0 Å². The zero-order valence-electron chi connectivity index (χ0n) is 18.8. The molecule has 1 aliphatic rings. The van der Waals surface area contributed by atoms with Gasteiger partial charge in [-0.1, -0.05) is 36.4 Å². The van der Waals surface area contributed by atoms with Gasteiger partial charge in [-0.2, -0.15) is 5.10 Å². The molecule has 3 aromatic carbocycles. The van der Waals surface area contributed by atoms with Gasteiger partial charge in [0.15, 0.2) is 5.82 Å². The van der Waals surface area contributed by atoms with Gasteiger partial charge in [-0.25, -0.2) is 0 Å². The molecule has 0 bridgehead atoms. The predicted octanol–water partition coefficient (Wildman–Crippen LogP) is 5.37. The van der Waals surface area contributed by atoms with Crippen molar-refractivity contribution >= 4 is 17.5 Å². The van der Waals surface area contributed by atoms with Crippen LogP contribution in [-0.2, 0) is 11.3 Å². The van der Waals surface area contributed by atoms with Crippen LogP contribution in [0, 0.1) is 0 Å². The number of phenols is 1. The molecule has 0 spiro atoms. The molecule has 1 aliphatic carbocycles. The SMILES string of the molecule is CC(=O)Oc1ccc(-c2ccc(-c3cc(Nc4cccc(CNC5CC5)c4)n[nH]3)cc2)c(O)c1. The first-order valence-electron chi connectivity index (χ1n) is 11.3. The average Bonchev–Trinajstić information content (AvgIpc) is 3.54. The standard InChI is InChI=1S/C27H26N4O3/c1-17(32)34-23-11-12-24(26(33)14-23)19-5-7-20(8-6-19)25-15-27(31-30-25)29-22-4-2-3-18(13-22)16-28-21-9-10-21/h2-8,11-15,21,28,33H,9-10,16H2,1H3,(H2,29,30,31). The number of nitrogens with zero attached hydrogens (tertiary/aromatic N) is 1. The van der Waals surface area contributed by atoms with E-state index in [1.165, 1.54) is 31.4 Å². The molecular formula is C27H26N4O3. The van der Waals surface area contributed by atoms with Crippen LogP contribution in [-0.4, -0.2) is 27.3 Å². The number of carbonyl (C=O) groups excluding carboxylic acids is 1. The molecule has 0 aliphatic heterocycles. The lowest BCUT2D eigenvalue weighted by molar-refractivity contribution is -0.131. The van der Waals surface area contributed by atoms with Crippen molar-refractivity contribution in [3.8, 4) is 33.9 Å². The predicted molar refractivity (Wildman–Crippen MR) is 132 cm³/mol. The molecule has 7 nitrogen and oxygen atoms in total. The molecule has 7 heteroatoms. The highest BCUT2D eigenvalue weighted by Gasteiger charge is 2.19. The fourth-order valence-electron chi connectivity index (χ4n) is 3.80. The van der Waals surface area contributed by atoms with Crippen LogP contribution < -0.4 is 15.4 Å². The second kappa shape index (κ2) is 9.41. The summed E-state index contributed by atoms with van der Waals surface area (Å²) in [5.74, 6) is 0.676. The molecule has 0 radical (unpaired) electrons. The Kier molecular flexibility index (Phi) is 6.01. The molecule has 0 unspecified atom stereocenters. The van der Waals surface area contributed by atoms with Crippen LogP contribution in [0.5, 0.6) is 11.5 Å². The van der Waals surface area contributed by atoms with E-state index in [4.69, 9.17) is 4.74 Å². The number of esters is 1. The number of aromatic hydroxyl groups is 1. The average molecular weight is 455 g/mol. The minimum atomic E-state index is -0.428. The van der Waals surface area contributed by atoms with E-state index in [2.05, 4.69) is 33.0 Å². The second-order valence-electron chi connectivity index (χ2n) is 8.50. The normalized spacial score (nSPS) is 13.0. The Morgan fingerprint density at radius 1 is 1.06 bits per heavy atom. The number of ether oxygens (including phenoxy) is 1. The van der Waals surface area contributed by atoms with Gasteiger partial charge in [0.05, 0.1) is 5.69 Å². The maximum absolute atomic E-state index is 11.1. The summed E-state index contributed by atoms with van der Waals surface area (Å²) in [6.07, 6.45) is 2.55. The number of carbonyl (C=O) groups is 1. The summed E-state index contributed by atoms with van der Waals surface area (Å²) in [5, 5.41) is 24.7. The Morgan fingerprint density at radius 2 is 1.85 bits per heavy atom. The van der Waals surface area contributed by atoms with Crippen LogP contribution in [0.15, 0.2) is 72.8 Å². The third-order valence-corrected chi connectivity index (χ3v) is 5.69. The fourth-order valence-corrected chi connectivity index (χ4v) is 3.80. The molecule has 1 saturated carbocycles. The first-order valence-corrected chi connectivity index (χ1v) is 11.3. The first-order chi connectivity index (χ1) is 16.5. The van der Waals surface area contributed by atoms with Crippen LogP contribution in [0.2, 0.25) is 0 Å². The summed E-state index contributed by atoms with van der Waals surface area (Å²) in [7, 11) is 0. The molecule has 1 aromatic heterocycles. The topological polar surface area (TPSA) is 99.3 Å². The van der Waals surface area contributed by atoms with Crippen LogP contribution in [0.25, 0.3) is 22.4 Å². The lowest BCUT2D eigenvalue weighted by atomic mass is 10.0. The highest BCUT2D eigenvalue weighted by atomic mass is 16.5. The van der Waals surface area contributed by atoms with Crippen molar-refractivity contribution in [1.82, 2.24) is 15.5 Å². The van der Waals surface area contributed by atoms with Gasteiger partial charge in [0.2, 0.25) is 0 Å². The molecule has 0 atom stereocenters. The number of benzene rings is 3. The quantitative estimate of drug-likeness (QED) is 0.211. The largest absolute Gasteiger partial charge is 0.507 e. The van der Waals surface area contributed by atoms with Crippen molar-refractivity contribution < 1.29 is 14.6 Å². The smallest absolute Gasteiger partial charge is 0.308 e. The summed E-state index contributed by atoms with van der Waals surface area (Å²) in [6, 6.07) is 23.6. The molecule has 4 aromatic rings. The molecular weight excluding hydrogens is 428 g/mol. The number of anilines is 2. The Labute approximate surface area is 197 Å². The van der Waals surface area contributed by atoms with Gasteiger partial charge in [-0.05, 0) is 53.8 Å². The zero-order valence-corrected chi connectivity index (χ0v) is 18.8. The highest BCUT2D eigenvalue weighted by molar-refractivity contribution is 5.76. The number of aromatic amines is 1. The third-order valence-electron chi connectivity index (χ3n) is 5.69. The van der Waals surface area contributed by atoms with Crippen LogP contribution >= 0.6 is 0 Å². The monoisotopic (exact) mass is 454 g/mol. The van der Waals surface area contributed by atoms with Gasteiger partial charge >= 0.3 is 5.97 Å². The number of H-pyrrole nitrogens is 1. The Morgan fingerprint density at radius 3 is 2.59 bits per heavy atom. The second-order valence-corrected chi connectivity index (χ2v) is 8.50. The number of aromatic nitrogens is 2. The molecule has 0 saturated heterocycles. The number of hydrogen-bond donors (Lipinski definition) is 4. The lowest BCUT2D eigenvalue weighted by Gasteiger charge is -2.08. The molecule has 5 rings (SSSR count). The highest BCUT2D eigenvalue weighted by Crippen LogP contribution is 2.34. The van der Waals surface area contributed by atoms with Crippen molar-refractivity contribution in [1.29, 1.82) is 0 Å². The van der Waals surface area contributed by atoms with Crippen molar-refractivity contribution in [2.24, 2.45) is 0 Å². The van der Waals surface area contributed by atoms with E-state index in [0.717, 1.165) is 34.9 Å². The zero-order chi connectivity index (χ0) is 23.5. The van der Waals surface area contributed by atoms with Crippen LogP contribution in [0.4, 0.5) is 11.5 Å². The number of nitrogens with one attached hydrogen (secondary N) is 3. The van der Waals surface area contributed by atoms with Crippen LogP contribution in [0.3, 0.4) is 0 Å². The maximum atomic E-state index is 11.1. The van der Waals surface area contributed by atoms with E-state index < -0.39 is 5.97 Å². The number of hydrogen-bond acceptors (Lipinski definition) is 6. The summed E-state index contributed by atoms with van der Waals surface area (Å²) in [5.41, 5.74) is 5.61.